The molecule has 0 amide bonds. The predicted octanol–water partition coefficient (Wildman–Crippen LogP) is 11.8. The fourth-order valence-electron chi connectivity index (χ4n) is 7.67. The third-order valence-corrected chi connectivity index (χ3v) is 10.0. The maximum atomic E-state index is 2.63. The molecular weight excluding hydrogens is 556 g/mol. The van der Waals surface area contributed by atoms with Gasteiger partial charge in [-0.2, -0.15) is 0 Å². The van der Waals surface area contributed by atoms with Gasteiger partial charge in [0, 0.05) is 34.4 Å². The van der Waals surface area contributed by atoms with E-state index in [1.165, 1.54) is 73.0 Å². The lowest BCUT2D eigenvalue weighted by atomic mass is 9.86. The summed E-state index contributed by atoms with van der Waals surface area (Å²) >= 11 is 0. The molecule has 1 saturated carbocycles. The Morgan fingerprint density at radius 2 is 1.28 bits per heavy atom. The van der Waals surface area contributed by atoms with Gasteiger partial charge in [0.15, 0.2) is 0 Å². The largest absolute Gasteiger partial charge is 0.331 e. The Labute approximate surface area is 275 Å². The molecule has 3 aliphatic rings. The monoisotopic (exact) mass is 600 g/mol. The Morgan fingerprint density at radius 1 is 0.674 bits per heavy atom. The summed E-state index contributed by atoms with van der Waals surface area (Å²) in [5, 5.41) is 0. The van der Waals surface area contributed by atoms with E-state index in [-0.39, 0.29) is 5.54 Å². The summed E-state index contributed by atoms with van der Waals surface area (Å²) in [5.74, 6) is 0.391. The zero-order chi connectivity index (χ0) is 32.0. The zero-order valence-corrected chi connectivity index (χ0v) is 28.0. The molecule has 0 saturated heterocycles. The molecule has 0 spiro atoms. The quantitative estimate of drug-likeness (QED) is 0.208. The van der Waals surface area contributed by atoms with E-state index in [0.717, 1.165) is 12.8 Å². The maximum Gasteiger partial charge on any atom is 0.0739 e. The molecule has 0 N–H and O–H groups in total. The number of hydrogen-bond acceptors (Lipinski definition) is 2. The third kappa shape index (κ3) is 5.26. The van der Waals surface area contributed by atoms with E-state index in [0.29, 0.717) is 5.92 Å². The Hall–Kier alpha value is -4.82. The second-order valence-corrected chi connectivity index (χ2v) is 13.4. The van der Waals surface area contributed by atoms with Gasteiger partial charge < -0.3 is 9.80 Å². The van der Waals surface area contributed by atoms with Crippen LogP contribution in [0.2, 0.25) is 0 Å². The fourth-order valence-corrected chi connectivity index (χ4v) is 7.67. The van der Waals surface area contributed by atoms with Crippen molar-refractivity contribution in [3.05, 3.63) is 172 Å². The highest BCUT2D eigenvalue weighted by molar-refractivity contribution is 5.87. The molecular formula is C44H44N2. The molecule has 4 aromatic rings. The number of aryl methyl sites for hydroxylation is 3. The van der Waals surface area contributed by atoms with E-state index in [4.69, 9.17) is 0 Å². The molecule has 2 heteroatoms. The number of rotatable bonds is 7. The average molecular weight is 601 g/mol. The first-order valence-electron chi connectivity index (χ1n) is 16.6. The fraction of sp³-hybridized carbons (Fsp3) is 0.227. The van der Waals surface area contributed by atoms with Crippen molar-refractivity contribution >= 4 is 28.3 Å². The van der Waals surface area contributed by atoms with Gasteiger partial charge in [0.25, 0.3) is 0 Å². The molecule has 0 bridgehead atoms. The molecule has 2 nitrogen and oxygen atoms in total. The molecule has 3 aliphatic carbocycles. The number of allylic oxidation sites excluding steroid dienone is 7. The molecule has 46 heavy (non-hydrogen) atoms. The number of hydrogen-bond donors (Lipinski definition) is 0. The molecule has 0 radical (unpaired) electrons. The smallest absolute Gasteiger partial charge is 0.0739 e. The van der Waals surface area contributed by atoms with Gasteiger partial charge in [-0.05, 0) is 148 Å². The highest BCUT2D eigenvalue weighted by Crippen LogP contribution is 2.64. The Bertz CT molecular complexity index is 1940. The van der Waals surface area contributed by atoms with E-state index >= 15 is 0 Å². The van der Waals surface area contributed by atoms with Crippen LogP contribution in [-0.4, -0.2) is 5.54 Å². The van der Waals surface area contributed by atoms with Crippen LogP contribution in [0.5, 0.6) is 0 Å². The van der Waals surface area contributed by atoms with Crippen molar-refractivity contribution in [2.45, 2.75) is 59.9 Å². The maximum absolute atomic E-state index is 2.63. The SMILES string of the molecule is CC1=CCC=CC(N(c2cccc(C)c2)c2cccc(C3=CC=C(C)C4(N(c5cccc(C)c5)c5cccc(C)c5)CC34)c2C)=C1. The van der Waals surface area contributed by atoms with Gasteiger partial charge >= 0.3 is 0 Å². The molecule has 0 aromatic heterocycles. The summed E-state index contributed by atoms with van der Waals surface area (Å²) < 4.78 is 0. The van der Waals surface area contributed by atoms with Crippen molar-refractivity contribution < 1.29 is 0 Å². The minimum absolute atomic E-state index is 0.0984. The van der Waals surface area contributed by atoms with Gasteiger partial charge in [0.1, 0.15) is 0 Å². The Balaban J connectivity index is 1.35. The molecule has 0 heterocycles. The summed E-state index contributed by atoms with van der Waals surface area (Å²) in [4.78, 5) is 5.08. The number of benzene rings is 4. The van der Waals surface area contributed by atoms with Crippen LogP contribution in [0.1, 0.15) is 54.5 Å². The number of nitrogens with zero attached hydrogens (tertiary/aromatic N) is 2. The van der Waals surface area contributed by atoms with Crippen molar-refractivity contribution in [1.29, 1.82) is 0 Å². The van der Waals surface area contributed by atoms with Gasteiger partial charge in [-0.25, -0.2) is 0 Å². The predicted molar refractivity (Wildman–Crippen MR) is 197 cm³/mol. The van der Waals surface area contributed by atoms with E-state index in [2.05, 4.69) is 179 Å². The van der Waals surface area contributed by atoms with Crippen LogP contribution in [0.3, 0.4) is 0 Å². The first-order valence-corrected chi connectivity index (χ1v) is 16.6. The first kappa shape index (κ1) is 29.9. The lowest BCUT2D eigenvalue weighted by Gasteiger charge is -2.38. The highest BCUT2D eigenvalue weighted by atomic mass is 15.3. The minimum atomic E-state index is -0.0984. The van der Waals surface area contributed by atoms with Crippen LogP contribution >= 0.6 is 0 Å². The van der Waals surface area contributed by atoms with Crippen LogP contribution in [0.4, 0.5) is 22.7 Å². The van der Waals surface area contributed by atoms with Crippen LogP contribution in [-0.2, 0) is 0 Å². The van der Waals surface area contributed by atoms with Crippen molar-refractivity contribution in [3.8, 4) is 0 Å². The summed E-state index contributed by atoms with van der Waals surface area (Å²) in [6.45, 7) is 13.4. The Morgan fingerprint density at radius 3 is 1.93 bits per heavy atom. The molecule has 1 fully saturated rings. The lowest BCUT2D eigenvalue weighted by molar-refractivity contribution is 0.712. The van der Waals surface area contributed by atoms with Gasteiger partial charge in [0.05, 0.1) is 5.54 Å². The van der Waals surface area contributed by atoms with Crippen molar-refractivity contribution in [1.82, 2.24) is 0 Å². The van der Waals surface area contributed by atoms with Gasteiger partial charge in [-0.15, -0.1) is 0 Å². The number of fused-ring (bicyclic) bond motifs is 1. The molecule has 2 unspecified atom stereocenters. The summed E-state index contributed by atoms with van der Waals surface area (Å²) in [6, 6.07) is 33.8. The van der Waals surface area contributed by atoms with Crippen molar-refractivity contribution in [2.24, 2.45) is 5.92 Å². The first-order chi connectivity index (χ1) is 22.3. The molecule has 0 aliphatic heterocycles. The van der Waals surface area contributed by atoms with Crippen LogP contribution in [0.25, 0.3) is 5.57 Å². The lowest BCUT2D eigenvalue weighted by Crippen LogP contribution is -2.37. The van der Waals surface area contributed by atoms with Gasteiger partial charge in [-0.3, -0.25) is 0 Å². The summed E-state index contributed by atoms with van der Waals surface area (Å²) in [7, 11) is 0. The van der Waals surface area contributed by atoms with E-state index in [1.807, 2.05) is 0 Å². The zero-order valence-electron chi connectivity index (χ0n) is 28.0. The number of anilines is 4. The average Bonchev–Trinajstić information content (AvgIpc) is 3.81. The second-order valence-electron chi connectivity index (χ2n) is 13.4. The van der Waals surface area contributed by atoms with Crippen LogP contribution in [0.15, 0.2) is 144 Å². The normalized spacial score (nSPS) is 20.1. The van der Waals surface area contributed by atoms with Crippen molar-refractivity contribution in [2.75, 3.05) is 9.80 Å². The summed E-state index contributed by atoms with van der Waals surface area (Å²) in [6.07, 6.45) is 16.0. The van der Waals surface area contributed by atoms with E-state index in [9.17, 15) is 0 Å². The van der Waals surface area contributed by atoms with Gasteiger partial charge in [0.2, 0.25) is 0 Å². The van der Waals surface area contributed by atoms with E-state index in [1.54, 1.807) is 0 Å². The summed E-state index contributed by atoms with van der Waals surface area (Å²) in [5.41, 5.74) is 16.6. The molecule has 2 atom stereocenters. The molecule has 7 rings (SSSR count). The Kier molecular flexibility index (Phi) is 7.69. The van der Waals surface area contributed by atoms with Crippen LogP contribution < -0.4 is 9.80 Å². The van der Waals surface area contributed by atoms with Gasteiger partial charge in [-0.1, -0.05) is 78.4 Å². The van der Waals surface area contributed by atoms with E-state index < -0.39 is 0 Å². The van der Waals surface area contributed by atoms with Crippen LogP contribution in [0, 0.1) is 33.6 Å². The second kappa shape index (κ2) is 11.8. The molecule has 4 aromatic carbocycles. The highest BCUT2D eigenvalue weighted by Gasteiger charge is 2.62. The van der Waals surface area contributed by atoms with Crippen molar-refractivity contribution in [3.63, 3.8) is 0 Å². The standard InChI is InChI=1S/C44H44N2/c1-30-13-7-8-17-36(25-30)45(37-18-9-14-31(2)26-37)43-22-12-21-40(35(43)6)41-24-23-34(5)44(29-42(41)44)46(38-19-10-15-32(3)27-38)39-20-11-16-33(4)28-39/h8-28,42H,7,29H2,1-6H3. The third-order valence-electron chi connectivity index (χ3n) is 10.0. The molecule has 230 valence electrons. The topological polar surface area (TPSA) is 6.48 Å². The minimum Gasteiger partial charge on any atom is -0.331 e.